The molecular weight excluding hydrogens is 647 g/mol. The molecule has 2 fully saturated rings. The molecule has 0 spiro atoms. The average molecular weight is 683 g/mol. The zero-order chi connectivity index (χ0) is 34.4. The number of carbonyl (C=O) groups is 2. The maximum atomic E-state index is 13.9. The number of alkyl halides is 5. The first-order valence-electron chi connectivity index (χ1n) is 15.2. The first-order chi connectivity index (χ1) is 22.9. The van der Waals surface area contributed by atoms with Gasteiger partial charge in [-0.25, -0.2) is 4.68 Å². The molecule has 2 N–H and O–H groups in total. The standard InChI is InChI=1S/C29H35F5N10O4/c1-18-16-43(9-8-41(18)2)23-5-4-19(44-17-22(37-40-44)26(45)35-6-3-7-42-10-12-47-13-11-42)14-21(23)36-27(46)25-20(29(32,33)34)15-24(38-39-25)48-28(30)31/h4-5,14-15,17-18,28H,3,6-13,16H2,1-2H3,(H,35,45)(H,36,46)/t18-/m1/s1. The SMILES string of the molecule is C[C@@H]1CN(c2ccc(-n3cc(C(=O)NCCCN4CCOCC4)nn3)cc2NC(=O)c2nnc(OC(F)F)cc2C(F)(F)F)CCN1C. The fourth-order valence-corrected chi connectivity index (χ4v) is 5.31. The first kappa shape index (κ1) is 34.8. The molecule has 0 saturated carbocycles. The van der Waals surface area contributed by atoms with Crippen molar-refractivity contribution in [2.45, 2.75) is 32.2 Å². The molecule has 48 heavy (non-hydrogen) atoms. The van der Waals surface area contributed by atoms with E-state index in [1.165, 1.54) is 16.9 Å². The van der Waals surface area contributed by atoms with Crippen molar-refractivity contribution in [3.63, 3.8) is 0 Å². The Labute approximate surface area is 272 Å². The largest absolute Gasteiger partial charge is 0.418 e. The molecule has 260 valence electrons. The lowest BCUT2D eigenvalue weighted by atomic mass is 10.1. The third-order valence-electron chi connectivity index (χ3n) is 8.06. The first-order valence-corrected chi connectivity index (χ1v) is 15.2. The quantitative estimate of drug-likeness (QED) is 0.228. The van der Waals surface area contributed by atoms with E-state index >= 15 is 0 Å². The van der Waals surface area contributed by atoms with Gasteiger partial charge in [0.2, 0.25) is 5.88 Å². The molecule has 3 aromatic rings. The lowest BCUT2D eigenvalue weighted by Crippen LogP contribution is -2.50. The molecule has 2 aliphatic rings. The van der Waals surface area contributed by atoms with Gasteiger partial charge < -0.3 is 29.9 Å². The van der Waals surface area contributed by atoms with Crippen LogP contribution in [0.1, 0.15) is 39.9 Å². The Bertz CT molecular complexity index is 1580. The highest BCUT2D eigenvalue weighted by Gasteiger charge is 2.38. The van der Waals surface area contributed by atoms with E-state index in [9.17, 15) is 31.5 Å². The van der Waals surface area contributed by atoms with E-state index in [0.717, 1.165) is 26.1 Å². The van der Waals surface area contributed by atoms with Crippen LogP contribution in [-0.2, 0) is 10.9 Å². The maximum Gasteiger partial charge on any atom is 0.418 e. The van der Waals surface area contributed by atoms with E-state index in [0.29, 0.717) is 50.8 Å². The number of piperazine rings is 1. The molecular formula is C29H35F5N10O4. The van der Waals surface area contributed by atoms with Crippen LogP contribution in [-0.4, -0.2) is 126 Å². The number of nitrogens with one attached hydrogen (secondary N) is 2. The van der Waals surface area contributed by atoms with Gasteiger partial charge in [0.1, 0.15) is 0 Å². The summed E-state index contributed by atoms with van der Waals surface area (Å²) < 4.78 is 77.5. The number of amides is 2. The molecule has 2 saturated heterocycles. The minimum Gasteiger partial charge on any atom is -0.415 e. The molecule has 14 nitrogen and oxygen atoms in total. The normalized spacial score (nSPS) is 17.8. The maximum absolute atomic E-state index is 13.9. The summed E-state index contributed by atoms with van der Waals surface area (Å²) >= 11 is 0. The summed E-state index contributed by atoms with van der Waals surface area (Å²) in [7, 11) is 1.97. The number of nitrogens with zero attached hydrogens (tertiary/aromatic N) is 8. The van der Waals surface area contributed by atoms with Crippen molar-refractivity contribution in [2.75, 3.05) is 76.3 Å². The summed E-state index contributed by atoms with van der Waals surface area (Å²) in [6.45, 7) is 4.64. The van der Waals surface area contributed by atoms with E-state index in [1.54, 1.807) is 12.1 Å². The van der Waals surface area contributed by atoms with Crippen molar-refractivity contribution < 1.29 is 41.0 Å². The number of anilines is 2. The zero-order valence-corrected chi connectivity index (χ0v) is 26.2. The van der Waals surface area contributed by atoms with E-state index in [1.807, 2.05) is 18.9 Å². The minimum absolute atomic E-state index is 0.0418. The Morgan fingerprint density at radius 2 is 1.83 bits per heavy atom. The Hall–Kier alpha value is -4.49. The Morgan fingerprint density at radius 1 is 1.06 bits per heavy atom. The molecule has 0 unspecified atom stereocenters. The predicted octanol–water partition coefficient (Wildman–Crippen LogP) is 2.52. The van der Waals surface area contributed by atoms with Gasteiger partial charge in [0.05, 0.1) is 42.0 Å². The van der Waals surface area contributed by atoms with Crippen LogP contribution in [0, 0.1) is 0 Å². The van der Waals surface area contributed by atoms with Gasteiger partial charge in [-0.15, -0.1) is 15.3 Å². The monoisotopic (exact) mass is 682 g/mol. The number of ether oxygens (including phenoxy) is 2. The van der Waals surface area contributed by atoms with Crippen LogP contribution >= 0.6 is 0 Å². The molecule has 2 aliphatic heterocycles. The van der Waals surface area contributed by atoms with Crippen LogP contribution in [0.5, 0.6) is 5.88 Å². The summed E-state index contributed by atoms with van der Waals surface area (Å²) in [6.07, 6.45) is -3.01. The number of likely N-dealkylation sites (N-methyl/N-ethyl adjacent to an activating group) is 1. The van der Waals surface area contributed by atoms with Gasteiger partial charge in [0.15, 0.2) is 11.4 Å². The van der Waals surface area contributed by atoms with Crippen molar-refractivity contribution in [2.24, 2.45) is 0 Å². The van der Waals surface area contributed by atoms with E-state index in [2.05, 4.69) is 45.7 Å². The van der Waals surface area contributed by atoms with Crippen molar-refractivity contribution in [1.82, 2.24) is 40.3 Å². The van der Waals surface area contributed by atoms with Gasteiger partial charge in [0.25, 0.3) is 11.8 Å². The Morgan fingerprint density at radius 3 is 2.54 bits per heavy atom. The van der Waals surface area contributed by atoms with Gasteiger partial charge >= 0.3 is 12.8 Å². The van der Waals surface area contributed by atoms with Crippen LogP contribution in [0.25, 0.3) is 5.69 Å². The number of hydrogen-bond acceptors (Lipinski definition) is 11. The smallest absolute Gasteiger partial charge is 0.415 e. The van der Waals surface area contributed by atoms with Crippen molar-refractivity contribution >= 4 is 23.2 Å². The number of aromatic nitrogens is 5. The molecule has 0 bridgehead atoms. The Kier molecular flexibility index (Phi) is 11.0. The highest BCUT2D eigenvalue weighted by molar-refractivity contribution is 6.06. The molecule has 5 rings (SSSR count). The Balaban J connectivity index is 1.37. The molecule has 1 aromatic carbocycles. The molecule has 0 radical (unpaired) electrons. The fraction of sp³-hybridized carbons (Fsp3) is 0.517. The summed E-state index contributed by atoms with van der Waals surface area (Å²) in [5.74, 6) is -2.81. The number of rotatable bonds is 11. The van der Waals surface area contributed by atoms with Gasteiger partial charge in [-0.2, -0.15) is 22.0 Å². The second-order valence-corrected chi connectivity index (χ2v) is 11.4. The summed E-state index contributed by atoms with van der Waals surface area (Å²) in [5, 5.41) is 19.8. The lowest BCUT2D eigenvalue weighted by Gasteiger charge is -2.39. The van der Waals surface area contributed by atoms with Crippen LogP contribution in [0.2, 0.25) is 0 Å². The topological polar surface area (TPSA) is 143 Å². The molecule has 2 amide bonds. The third-order valence-corrected chi connectivity index (χ3v) is 8.06. The molecule has 0 aliphatic carbocycles. The van der Waals surface area contributed by atoms with Crippen molar-refractivity contribution in [3.05, 3.63) is 47.4 Å². The fourth-order valence-electron chi connectivity index (χ4n) is 5.31. The number of hydrogen-bond donors (Lipinski definition) is 2. The van der Waals surface area contributed by atoms with E-state index in [4.69, 9.17) is 4.74 Å². The molecule has 19 heteroatoms. The lowest BCUT2D eigenvalue weighted by molar-refractivity contribution is -0.138. The van der Waals surface area contributed by atoms with Crippen molar-refractivity contribution in [1.29, 1.82) is 0 Å². The van der Waals surface area contributed by atoms with E-state index < -0.39 is 41.7 Å². The van der Waals surface area contributed by atoms with Gasteiger partial charge in [-0.05, 0) is 45.1 Å². The van der Waals surface area contributed by atoms with Crippen LogP contribution in [0.15, 0.2) is 30.5 Å². The number of carbonyl (C=O) groups excluding carboxylic acids is 2. The summed E-state index contributed by atoms with van der Waals surface area (Å²) in [6, 6.07) is 5.13. The number of benzene rings is 1. The molecule has 1 atom stereocenters. The number of morpholine rings is 1. The van der Waals surface area contributed by atoms with Crippen LogP contribution in [0.4, 0.5) is 33.3 Å². The highest BCUT2D eigenvalue weighted by atomic mass is 19.4. The van der Waals surface area contributed by atoms with Gasteiger partial charge in [-0.1, -0.05) is 5.21 Å². The predicted molar refractivity (Wildman–Crippen MR) is 161 cm³/mol. The molecule has 4 heterocycles. The van der Waals surface area contributed by atoms with Crippen LogP contribution in [0.3, 0.4) is 0 Å². The van der Waals surface area contributed by atoms with Crippen LogP contribution < -0.4 is 20.3 Å². The summed E-state index contributed by atoms with van der Waals surface area (Å²) in [4.78, 5) is 32.4. The average Bonchev–Trinajstić information content (AvgIpc) is 3.55. The molecule has 2 aromatic heterocycles. The second kappa shape index (κ2) is 15.2. The zero-order valence-electron chi connectivity index (χ0n) is 26.2. The van der Waals surface area contributed by atoms with Crippen molar-refractivity contribution in [3.8, 4) is 11.6 Å². The van der Waals surface area contributed by atoms with Gasteiger partial charge in [-0.3, -0.25) is 14.5 Å². The second-order valence-electron chi connectivity index (χ2n) is 11.4. The summed E-state index contributed by atoms with van der Waals surface area (Å²) in [5.41, 5.74) is -1.74. The minimum atomic E-state index is -5.14. The third kappa shape index (κ3) is 8.70. The highest BCUT2D eigenvalue weighted by Crippen LogP contribution is 2.35. The number of halogens is 5. The van der Waals surface area contributed by atoms with Gasteiger partial charge in [0, 0.05) is 51.4 Å². The van der Waals surface area contributed by atoms with E-state index in [-0.39, 0.29) is 23.5 Å².